The molecule has 4 nitrogen and oxygen atoms in total. The molecule has 0 spiro atoms. The first kappa shape index (κ1) is 18.4. The number of nitrogens with zero attached hydrogens (tertiary/aromatic N) is 1. The SMILES string of the molecule is O=C(CCC(=O)c1ccc(F)cc1)Nc1nc(-c2ccc(Br)cc2)cs1. The molecule has 7 heteroatoms. The number of ketones is 1. The van der Waals surface area contributed by atoms with E-state index >= 15 is 0 Å². The van der Waals surface area contributed by atoms with Crippen LogP contribution in [0.2, 0.25) is 0 Å². The molecule has 0 aliphatic heterocycles. The first-order chi connectivity index (χ1) is 12.5. The van der Waals surface area contributed by atoms with Crippen molar-refractivity contribution in [3.8, 4) is 11.3 Å². The minimum Gasteiger partial charge on any atom is -0.302 e. The number of hydrogen-bond donors (Lipinski definition) is 1. The van der Waals surface area contributed by atoms with Crippen molar-refractivity contribution < 1.29 is 14.0 Å². The van der Waals surface area contributed by atoms with E-state index in [1.165, 1.54) is 35.6 Å². The normalized spacial score (nSPS) is 10.5. The van der Waals surface area contributed by atoms with E-state index in [1.807, 2.05) is 29.6 Å². The van der Waals surface area contributed by atoms with Gasteiger partial charge in [-0.3, -0.25) is 9.59 Å². The number of anilines is 1. The smallest absolute Gasteiger partial charge is 0.226 e. The van der Waals surface area contributed by atoms with Gasteiger partial charge in [-0.25, -0.2) is 9.37 Å². The lowest BCUT2D eigenvalue weighted by Gasteiger charge is -2.02. The summed E-state index contributed by atoms with van der Waals surface area (Å²) < 4.78 is 13.8. The van der Waals surface area contributed by atoms with Crippen LogP contribution in [-0.4, -0.2) is 16.7 Å². The van der Waals surface area contributed by atoms with E-state index in [0.717, 1.165) is 15.7 Å². The second-order valence-electron chi connectivity index (χ2n) is 5.52. The molecule has 0 fully saturated rings. The fraction of sp³-hybridized carbons (Fsp3) is 0.105. The molecule has 132 valence electrons. The van der Waals surface area contributed by atoms with Crippen LogP contribution in [0, 0.1) is 5.82 Å². The summed E-state index contributed by atoms with van der Waals surface area (Å²) in [4.78, 5) is 28.4. The van der Waals surface area contributed by atoms with Crippen LogP contribution in [0.5, 0.6) is 0 Å². The monoisotopic (exact) mass is 432 g/mol. The molecule has 1 N–H and O–H groups in total. The Labute approximate surface area is 162 Å². The van der Waals surface area contributed by atoms with Gasteiger partial charge in [0.1, 0.15) is 5.82 Å². The standard InChI is InChI=1S/C19H14BrFN2O2S/c20-14-5-1-12(2-6-14)16-11-26-19(22-16)23-18(25)10-9-17(24)13-3-7-15(21)8-4-13/h1-8,11H,9-10H2,(H,22,23,25). The van der Waals surface area contributed by atoms with E-state index in [1.54, 1.807) is 0 Å². The highest BCUT2D eigenvalue weighted by molar-refractivity contribution is 9.10. The fourth-order valence-electron chi connectivity index (χ4n) is 2.27. The number of hydrogen-bond acceptors (Lipinski definition) is 4. The van der Waals surface area contributed by atoms with Gasteiger partial charge in [0, 0.05) is 33.8 Å². The molecular weight excluding hydrogens is 419 g/mol. The predicted molar refractivity (Wildman–Crippen MR) is 104 cm³/mol. The number of benzene rings is 2. The zero-order valence-electron chi connectivity index (χ0n) is 13.5. The molecule has 1 amide bonds. The molecule has 3 aromatic rings. The maximum atomic E-state index is 12.9. The Morgan fingerprint density at radius 1 is 1.04 bits per heavy atom. The molecule has 0 aliphatic rings. The van der Waals surface area contributed by atoms with Crippen LogP contribution < -0.4 is 5.32 Å². The van der Waals surface area contributed by atoms with Gasteiger partial charge >= 0.3 is 0 Å². The zero-order valence-corrected chi connectivity index (χ0v) is 15.9. The van der Waals surface area contributed by atoms with E-state index < -0.39 is 5.82 Å². The maximum Gasteiger partial charge on any atom is 0.226 e. The first-order valence-electron chi connectivity index (χ1n) is 7.81. The summed E-state index contributed by atoms with van der Waals surface area (Å²) in [5, 5.41) is 5.06. The van der Waals surface area contributed by atoms with E-state index in [-0.39, 0.29) is 24.5 Å². The predicted octanol–water partition coefficient (Wildman–Crippen LogP) is 5.31. The van der Waals surface area contributed by atoms with Gasteiger partial charge in [0.05, 0.1) is 5.69 Å². The van der Waals surface area contributed by atoms with Crippen molar-refractivity contribution in [1.82, 2.24) is 4.98 Å². The van der Waals surface area contributed by atoms with Crippen molar-refractivity contribution in [2.24, 2.45) is 0 Å². The molecular formula is C19H14BrFN2O2S. The lowest BCUT2D eigenvalue weighted by Crippen LogP contribution is -2.13. The van der Waals surface area contributed by atoms with Crippen molar-refractivity contribution >= 4 is 44.1 Å². The van der Waals surface area contributed by atoms with E-state index in [4.69, 9.17) is 0 Å². The molecule has 0 saturated heterocycles. The van der Waals surface area contributed by atoms with Crippen molar-refractivity contribution in [2.75, 3.05) is 5.32 Å². The molecule has 0 radical (unpaired) electrons. The Bertz CT molecular complexity index is 923. The first-order valence-corrected chi connectivity index (χ1v) is 9.48. The average molecular weight is 433 g/mol. The molecule has 0 atom stereocenters. The van der Waals surface area contributed by atoms with Crippen LogP contribution in [0.25, 0.3) is 11.3 Å². The Hall–Kier alpha value is -2.38. The third-order valence-corrected chi connectivity index (χ3v) is 4.92. The summed E-state index contributed by atoms with van der Waals surface area (Å²) in [7, 11) is 0. The maximum absolute atomic E-state index is 12.9. The van der Waals surface area contributed by atoms with Crippen LogP contribution in [-0.2, 0) is 4.79 Å². The number of amides is 1. The van der Waals surface area contributed by atoms with Gasteiger partial charge in [-0.05, 0) is 36.4 Å². The molecule has 0 saturated carbocycles. The third-order valence-electron chi connectivity index (χ3n) is 3.64. The second-order valence-corrected chi connectivity index (χ2v) is 7.30. The third kappa shape index (κ3) is 4.83. The van der Waals surface area contributed by atoms with Crippen molar-refractivity contribution in [3.05, 3.63) is 69.8 Å². The number of carbonyl (C=O) groups excluding carboxylic acids is 2. The summed E-state index contributed by atoms with van der Waals surface area (Å²) in [6.45, 7) is 0. The largest absolute Gasteiger partial charge is 0.302 e. The lowest BCUT2D eigenvalue weighted by atomic mass is 10.1. The summed E-state index contributed by atoms with van der Waals surface area (Å²) in [6, 6.07) is 13.0. The van der Waals surface area contributed by atoms with Gasteiger partial charge in [-0.1, -0.05) is 28.1 Å². The van der Waals surface area contributed by atoms with Crippen molar-refractivity contribution in [3.63, 3.8) is 0 Å². The number of carbonyl (C=O) groups is 2. The molecule has 0 bridgehead atoms. The molecule has 26 heavy (non-hydrogen) atoms. The second kappa shape index (κ2) is 8.33. The number of nitrogens with one attached hydrogen (secondary N) is 1. The lowest BCUT2D eigenvalue weighted by molar-refractivity contribution is -0.116. The van der Waals surface area contributed by atoms with Gasteiger partial charge < -0.3 is 5.32 Å². The average Bonchev–Trinajstić information content (AvgIpc) is 3.09. The number of halogens is 2. The topological polar surface area (TPSA) is 59.1 Å². The van der Waals surface area contributed by atoms with Crippen LogP contribution in [0.4, 0.5) is 9.52 Å². The molecule has 1 aromatic heterocycles. The van der Waals surface area contributed by atoms with Crippen LogP contribution in [0.3, 0.4) is 0 Å². The summed E-state index contributed by atoms with van der Waals surface area (Å²) in [6.07, 6.45) is 0.103. The van der Waals surface area contributed by atoms with Crippen LogP contribution in [0.15, 0.2) is 58.4 Å². The van der Waals surface area contributed by atoms with E-state index in [9.17, 15) is 14.0 Å². The van der Waals surface area contributed by atoms with Gasteiger partial charge in [-0.15, -0.1) is 11.3 Å². The Morgan fingerprint density at radius 3 is 2.42 bits per heavy atom. The Balaban J connectivity index is 1.54. The highest BCUT2D eigenvalue weighted by Crippen LogP contribution is 2.26. The van der Waals surface area contributed by atoms with E-state index in [2.05, 4.69) is 26.2 Å². The zero-order chi connectivity index (χ0) is 18.5. The van der Waals surface area contributed by atoms with Gasteiger partial charge in [0.15, 0.2) is 10.9 Å². The molecule has 1 heterocycles. The van der Waals surface area contributed by atoms with Crippen molar-refractivity contribution in [1.29, 1.82) is 0 Å². The summed E-state index contributed by atoms with van der Waals surface area (Å²) in [5.74, 6) is -0.878. The van der Waals surface area contributed by atoms with Crippen LogP contribution >= 0.6 is 27.3 Å². The highest BCUT2D eigenvalue weighted by Gasteiger charge is 2.12. The number of thiazole rings is 1. The summed E-state index contributed by atoms with van der Waals surface area (Å²) in [5.41, 5.74) is 2.13. The number of aromatic nitrogens is 1. The molecule has 0 aliphatic carbocycles. The van der Waals surface area contributed by atoms with Crippen molar-refractivity contribution in [2.45, 2.75) is 12.8 Å². The minimum absolute atomic E-state index is 0.0450. The number of Topliss-reactive ketones (excluding diaryl/α,β-unsaturated/α-hetero) is 1. The van der Waals surface area contributed by atoms with Gasteiger partial charge in [0.2, 0.25) is 5.91 Å². The summed E-state index contributed by atoms with van der Waals surface area (Å²) >= 11 is 4.71. The molecule has 2 aromatic carbocycles. The Kier molecular flexibility index (Phi) is 5.90. The number of rotatable bonds is 6. The fourth-order valence-corrected chi connectivity index (χ4v) is 3.27. The van der Waals surface area contributed by atoms with Crippen LogP contribution in [0.1, 0.15) is 23.2 Å². The molecule has 0 unspecified atom stereocenters. The quantitative estimate of drug-likeness (QED) is 0.536. The van der Waals surface area contributed by atoms with Gasteiger partial charge in [-0.2, -0.15) is 0 Å². The Morgan fingerprint density at radius 2 is 1.73 bits per heavy atom. The highest BCUT2D eigenvalue weighted by atomic mass is 79.9. The minimum atomic E-state index is -0.398. The molecule has 3 rings (SSSR count). The van der Waals surface area contributed by atoms with E-state index in [0.29, 0.717) is 10.7 Å². The van der Waals surface area contributed by atoms with Gasteiger partial charge in [0.25, 0.3) is 0 Å².